The Bertz CT molecular complexity index is 1160. The molecule has 4 rings (SSSR count). The molecule has 2 aliphatic heterocycles. The predicted octanol–water partition coefficient (Wildman–Crippen LogP) is 2.00. The third-order valence-electron chi connectivity index (χ3n) is 5.85. The first-order valence-corrected chi connectivity index (χ1v) is 12.2. The maximum atomic E-state index is 12.9. The van der Waals surface area contributed by atoms with Crippen molar-refractivity contribution in [2.24, 2.45) is 5.92 Å². The molecule has 2 aromatic carbocycles. The largest absolute Gasteiger partial charge is 0.452 e. The van der Waals surface area contributed by atoms with E-state index in [1.165, 1.54) is 16.1 Å². The number of hydrogen-bond donors (Lipinski definition) is 1. The normalized spacial score (nSPS) is 18.2. The SMILES string of the molecule is C[C@H](OC(=O)C1CCN(S(=O)(=O)c2ccccc2)CC1)C(=O)N1CC(=O)Nc2ccccc21. The van der Waals surface area contributed by atoms with E-state index in [-0.39, 0.29) is 30.4 Å². The third kappa shape index (κ3) is 4.76. The van der Waals surface area contributed by atoms with Crippen LogP contribution in [0.15, 0.2) is 59.5 Å². The summed E-state index contributed by atoms with van der Waals surface area (Å²) in [4.78, 5) is 39.1. The zero-order valence-electron chi connectivity index (χ0n) is 18.1. The van der Waals surface area contributed by atoms with Gasteiger partial charge in [-0.15, -0.1) is 0 Å². The van der Waals surface area contributed by atoms with Crippen LogP contribution in [0.25, 0.3) is 0 Å². The Morgan fingerprint density at radius 3 is 2.36 bits per heavy atom. The molecule has 174 valence electrons. The molecule has 0 bridgehead atoms. The lowest BCUT2D eigenvalue weighted by Gasteiger charge is -2.32. The van der Waals surface area contributed by atoms with Crippen LogP contribution in [-0.2, 0) is 29.1 Å². The summed E-state index contributed by atoms with van der Waals surface area (Å²) in [5.74, 6) is -1.86. The summed E-state index contributed by atoms with van der Waals surface area (Å²) in [6.07, 6.45) is -0.468. The number of rotatable bonds is 5. The van der Waals surface area contributed by atoms with E-state index in [4.69, 9.17) is 4.74 Å². The molecular formula is C23H25N3O6S. The van der Waals surface area contributed by atoms with E-state index in [1.807, 2.05) is 0 Å². The molecule has 2 heterocycles. The van der Waals surface area contributed by atoms with Crippen molar-refractivity contribution in [3.05, 3.63) is 54.6 Å². The topological polar surface area (TPSA) is 113 Å². The first-order valence-electron chi connectivity index (χ1n) is 10.7. The Morgan fingerprint density at radius 2 is 1.67 bits per heavy atom. The fourth-order valence-corrected chi connectivity index (χ4v) is 5.53. The number of carbonyl (C=O) groups excluding carboxylic acids is 3. The number of esters is 1. The monoisotopic (exact) mass is 471 g/mol. The number of benzene rings is 2. The number of para-hydroxylation sites is 2. The number of anilines is 2. The van der Waals surface area contributed by atoms with Gasteiger partial charge in [-0.2, -0.15) is 4.31 Å². The van der Waals surface area contributed by atoms with Crippen LogP contribution < -0.4 is 10.2 Å². The van der Waals surface area contributed by atoms with Crippen LogP contribution in [0, 0.1) is 5.92 Å². The van der Waals surface area contributed by atoms with Gasteiger partial charge in [0, 0.05) is 13.1 Å². The maximum Gasteiger partial charge on any atom is 0.309 e. The number of nitrogens with zero attached hydrogens (tertiary/aromatic N) is 2. The molecule has 1 saturated heterocycles. The molecule has 0 unspecified atom stereocenters. The molecule has 0 aromatic heterocycles. The van der Waals surface area contributed by atoms with Crippen LogP contribution in [0.3, 0.4) is 0 Å². The quantitative estimate of drug-likeness (QED) is 0.668. The summed E-state index contributed by atoms with van der Waals surface area (Å²) in [5.41, 5.74) is 1.07. The zero-order valence-corrected chi connectivity index (χ0v) is 19.0. The van der Waals surface area contributed by atoms with E-state index in [0.717, 1.165) is 0 Å². The van der Waals surface area contributed by atoms with Crippen LogP contribution in [0.4, 0.5) is 11.4 Å². The number of hydrogen-bond acceptors (Lipinski definition) is 6. The molecule has 1 N–H and O–H groups in total. The van der Waals surface area contributed by atoms with Crippen molar-refractivity contribution in [2.45, 2.75) is 30.8 Å². The first-order chi connectivity index (χ1) is 15.8. The summed E-state index contributed by atoms with van der Waals surface area (Å²) in [6, 6.07) is 15.1. The number of amides is 2. The molecule has 0 spiro atoms. The number of ether oxygens (including phenoxy) is 1. The highest BCUT2D eigenvalue weighted by Gasteiger charge is 2.36. The maximum absolute atomic E-state index is 12.9. The molecule has 9 nitrogen and oxygen atoms in total. The van der Waals surface area contributed by atoms with E-state index in [2.05, 4.69) is 5.32 Å². The Labute approximate surface area is 192 Å². The van der Waals surface area contributed by atoms with E-state index in [9.17, 15) is 22.8 Å². The van der Waals surface area contributed by atoms with E-state index in [1.54, 1.807) is 54.6 Å². The standard InChI is InChI=1S/C23H25N3O6S/c1-16(22(28)26-15-21(27)24-19-9-5-6-10-20(19)26)32-23(29)17-11-13-25(14-12-17)33(30,31)18-7-3-2-4-8-18/h2-10,16-17H,11-15H2,1H3,(H,24,27)/t16-/m0/s1. The van der Waals surface area contributed by atoms with Gasteiger partial charge >= 0.3 is 5.97 Å². The van der Waals surface area contributed by atoms with Crippen molar-refractivity contribution in [3.63, 3.8) is 0 Å². The van der Waals surface area contributed by atoms with Gasteiger partial charge in [0.05, 0.1) is 22.2 Å². The number of fused-ring (bicyclic) bond motifs is 1. The minimum Gasteiger partial charge on any atom is -0.452 e. The zero-order chi connectivity index (χ0) is 23.6. The van der Waals surface area contributed by atoms with E-state index >= 15 is 0 Å². The summed E-state index contributed by atoms with van der Waals surface area (Å²) in [7, 11) is -3.61. The Morgan fingerprint density at radius 1 is 1.03 bits per heavy atom. The summed E-state index contributed by atoms with van der Waals surface area (Å²) in [6.45, 7) is 1.70. The lowest BCUT2D eigenvalue weighted by Crippen LogP contribution is -2.47. The van der Waals surface area contributed by atoms with Gasteiger partial charge in [-0.05, 0) is 44.0 Å². The van der Waals surface area contributed by atoms with Crippen molar-refractivity contribution in [3.8, 4) is 0 Å². The highest BCUT2D eigenvalue weighted by molar-refractivity contribution is 7.89. The fourth-order valence-electron chi connectivity index (χ4n) is 4.04. The van der Waals surface area contributed by atoms with Gasteiger partial charge in [-0.1, -0.05) is 30.3 Å². The molecule has 0 radical (unpaired) electrons. The number of carbonyl (C=O) groups is 3. The highest BCUT2D eigenvalue weighted by atomic mass is 32.2. The molecule has 2 aliphatic rings. The molecular weight excluding hydrogens is 446 g/mol. The van der Waals surface area contributed by atoms with Crippen LogP contribution >= 0.6 is 0 Å². The summed E-state index contributed by atoms with van der Waals surface area (Å²) < 4.78 is 32.3. The Kier molecular flexibility index (Phi) is 6.48. The second-order valence-electron chi connectivity index (χ2n) is 8.06. The molecule has 2 amide bonds. The van der Waals surface area contributed by atoms with Crippen molar-refractivity contribution >= 4 is 39.2 Å². The molecule has 0 saturated carbocycles. The van der Waals surface area contributed by atoms with Gasteiger partial charge in [0.15, 0.2) is 6.10 Å². The minimum absolute atomic E-state index is 0.159. The molecule has 33 heavy (non-hydrogen) atoms. The highest BCUT2D eigenvalue weighted by Crippen LogP contribution is 2.30. The van der Waals surface area contributed by atoms with Gasteiger partial charge < -0.3 is 10.1 Å². The average Bonchev–Trinajstić information content (AvgIpc) is 2.83. The minimum atomic E-state index is -3.61. The molecule has 10 heteroatoms. The van der Waals surface area contributed by atoms with Crippen LogP contribution in [0.1, 0.15) is 19.8 Å². The number of sulfonamides is 1. The number of nitrogens with one attached hydrogen (secondary N) is 1. The van der Waals surface area contributed by atoms with Crippen LogP contribution in [0.5, 0.6) is 0 Å². The second-order valence-corrected chi connectivity index (χ2v) is 10.00. The third-order valence-corrected chi connectivity index (χ3v) is 7.76. The lowest BCUT2D eigenvalue weighted by atomic mass is 9.98. The van der Waals surface area contributed by atoms with Gasteiger partial charge in [0.25, 0.3) is 5.91 Å². The van der Waals surface area contributed by atoms with Gasteiger partial charge in [0.2, 0.25) is 15.9 Å². The predicted molar refractivity (Wildman–Crippen MR) is 121 cm³/mol. The van der Waals surface area contributed by atoms with Crippen molar-refractivity contribution in [2.75, 3.05) is 29.9 Å². The summed E-state index contributed by atoms with van der Waals surface area (Å²) in [5, 5.41) is 2.71. The van der Waals surface area contributed by atoms with Gasteiger partial charge in [-0.3, -0.25) is 19.3 Å². The smallest absolute Gasteiger partial charge is 0.309 e. The van der Waals surface area contributed by atoms with Crippen LogP contribution in [0.2, 0.25) is 0 Å². The second kappa shape index (κ2) is 9.32. The van der Waals surface area contributed by atoms with Crippen molar-refractivity contribution in [1.29, 1.82) is 0 Å². The fraction of sp³-hybridized carbons (Fsp3) is 0.348. The van der Waals surface area contributed by atoms with Crippen molar-refractivity contribution < 1.29 is 27.5 Å². The Balaban J connectivity index is 1.36. The molecule has 1 atom stereocenters. The Hall–Kier alpha value is -3.24. The van der Waals surface area contributed by atoms with Gasteiger partial charge in [0.1, 0.15) is 6.54 Å². The average molecular weight is 472 g/mol. The molecule has 0 aliphatic carbocycles. The number of piperidine rings is 1. The van der Waals surface area contributed by atoms with E-state index < -0.39 is 33.9 Å². The van der Waals surface area contributed by atoms with Gasteiger partial charge in [-0.25, -0.2) is 8.42 Å². The van der Waals surface area contributed by atoms with Crippen molar-refractivity contribution in [1.82, 2.24) is 4.31 Å². The first kappa shape index (κ1) is 22.9. The van der Waals surface area contributed by atoms with Crippen LogP contribution in [-0.4, -0.2) is 56.2 Å². The lowest BCUT2D eigenvalue weighted by molar-refractivity contribution is -0.159. The summed E-state index contributed by atoms with van der Waals surface area (Å²) >= 11 is 0. The molecule has 2 aromatic rings. The molecule has 1 fully saturated rings. The van der Waals surface area contributed by atoms with E-state index in [0.29, 0.717) is 24.2 Å².